The van der Waals surface area contributed by atoms with E-state index in [0.717, 1.165) is 44.3 Å². The highest BCUT2D eigenvalue weighted by molar-refractivity contribution is 5.99. The lowest BCUT2D eigenvalue weighted by molar-refractivity contribution is 0.617. The van der Waals surface area contributed by atoms with E-state index in [0.29, 0.717) is 11.6 Å². The minimum atomic E-state index is 0.503. The van der Waals surface area contributed by atoms with Crippen molar-refractivity contribution in [2.75, 3.05) is 0 Å². The van der Waals surface area contributed by atoms with E-state index in [1.54, 1.807) is 0 Å². The van der Waals surface area contributed by atoms with Gasteiger partial charge >= 0.3 is 0 Å². The van der Waals surface area contributed by atoms with Gasteiger partial charge in [0.1, 0.15) is 11.2 Å². The number of hydrogen-bond donors (Lipinski definition) is 0. The molecule has 0 bridgehead atoms. The largest absolute Gasteiger partial charge is 0.435 e. The summed E-state index contributed by atoms with van der Waals surface area (Å²) in [5.74, 6) is 0.503. The lowest BCUT2D eigenvalue weighted by atomic mass is 9.96. The normalized spacial score (nSPS) is 11.4. The van der Waals surface area contributed by atoms with Crippen LogP contribution in [0.3, 0.4) is 0 Å². The maximum atomic E-state index is 6.12. The van der Waals surface area contributed by atoms with E-state index in [4.69, 9.17) is 14.4 Å². The van der Waals surface area contributed by atoms with E-state index >= 15 is 0 Å². The molecule has 0 saturated carbocycles. The van der Waals surface area contributed by atoms with Gasteiger partial charge in [-0.25, -0.2) is 9.97 Å². The Bertz CT molecular complexity index is 1730. The number of pyridine rings is 2. The minimum Gasteiger partial charge on any atom is -0.435 e. The second-order valence-electron chi connectivity index (χ2n) is 8.55. The van der Waals surface area contributed by atoms with Crippen LogP contribution in [0.2, 0.25) is 0 Å². The molecule has 0 fully saturated rings. The molecule has 4 heteroatoms. The third-order valence-corrected chi connectivity index (χ3v) is 6.38. The molecule has 164 valence electrons. The Kier molecular flexibility index (Phi) is 4.42. The predicted octanol–water partition coefficient (Wildman–Crippen LogP) is 7.93. The first-order chi connectivity index (χ1) is 17.3. The number of rotatable bonds is 3. The van der Waals surface area contributed by atoms with Gasteiger partial charge in [0.15, 0.2) is 5.58 Å². The second kappa shape index (κ2) is 7.89. The van der Waals surface area contributed by atoms with Crippen molar-refractivity contribution in [3.05, 3.63) is 116 Å². The van der Waals surface area contributed by atoms with Crippen LogP contribution in [0.4, 0.5) is 0 Å². The monoisotopic (exact) mass is 449 g/mol. The van der Waals surface area contributed by atoms with E-state index in [1.165, 1.54) is 10.8 Å². The van der Waals surface area contributed by atoms with Gasteiger partial charge in [-0.3, -0.25) is 4.98 Å². The Morgan fingerprint density at radius 1 is 0.543 bits per heavy atom. The average Bonchev–Trinajstić information content (AvgIpc) is 3.37. The van der Waals surface area contributed by atoms with E-state index in [9.17, 15) is 0 Å². The van der Waals surface area contributed by atoms with Crippen LogP contribution in [0.15, 0.2) is 120 Å². The molecular formula is C31H19N3O. The minimum absolute atomic E-state index is 0.503. The van der Waals surface area contributed by atoms with Crippen molar-refractivity contribution < 1.29 is 4.42 Å². The van der Waals surface area contributed by atoms with Crippen molar-refractivity contribution in [2.45, 2.75) is 0 Å². The molecule has 0 aliphatic heterocycles. The zero-order valence-electron chi connectivity index (χ0n) is 18.7. The third-order valence-electron chi connectivity index (χ3n) is 6.38. The number of hydrogen-bond acceptors (Lipinski definition) is 4. The summed E-state index contributed by atoms with van der Waals surface area (Å²) >= 11 is 0. The molecule has 0 radical (unpaired) electrons. The van der Waals surface area contributed by atoms with Gasteiger partial charge < -0.3 is 4.42 Å². The Morgan fingerprint density at radius 3 is 2.14 bits per heavy atom. The zero-order valence-corrected chi connectivity index (χ0v) is 18.7. The molecule has 0 saturated heterocycles. The summed E-state index contributed by atoms with van der Waals surface area (Å²) in [6, 6.07) is 35.0. The van der Waals surface area contributed by atoms with Gasteiger partial charge in [-0.15, -0.1) is 0 Å². The Morgan fingerprint density at radius 2 is 1.26 bits per heavy atom. The van der Waals surface area contributed by atoms with Crippen LogP contribution in [-0.4, -0.2) is 15.0 Å². The Balaban J connectivity index is 1.52. The van der Waals surface area contributed by atoms with E-state index in [1.807, 2.05) is 48.8 Å². The average molecular weight is 450 g/mol. The van der Waals surface area contributed by atoms with E-state index in [-0.39, 0.29) is 0 Å². The fourth-order valence-electron chi connectivity index (χ4n) is 4.71. The molecule has 4 nitrogen and oxygen atoms in total. The van der Waals surface area contributed by atoms with Crippen molar-refractivity contribution in [1.82, 2.24) is 15.0 Å². The standard InChI is InChI=1S/C31H19N3O/c1-3-11-23-20(8-1)10-7-13-25(23)22-16-28(26-19-32-18-21-9-2-4-12-24(21)26)33-29(17-22)31-34-27-14-5-6-15-30(27)35-31/h1-19H. The smallest absolute Gasteiger partial charge is 0.246 e. The van der Waals surface area contributed by atoms with Crippen LogP contribution in [0.5, 0.6) is 0 Å². The van der Waals surface area contributed by atoms with Gasteiger partial charge in [-0.05, 0) is 51.6 Å². The van der Waals surface area contributed by atoms with Crippen molar-refractivity contribution >= 4 is 32.6 Å². The highest BCUT2D eigenvalue weighted by Crippen LogP contribution is 2.36. The Labute approximate surface area is 201 Å². The first kappa shape index (κ1) is 19.6. The molecule has 0 aliphatic rings. The maximum Gasteiger partial charge on any atom is 0.246 e. The van der Waals surface area contributed by atoms with Gasteiger partial charge in [-0.1, -0.05) is 78.9 Å². The summed E-state index contributed by atoms with van der Waals surface area (Å²) in [7, 11) is 0. The summed E-state index contributed by atoms with van der Waals surface area (Å²) in [5.41, 5.74) is 6.24. The molecule has 35 heavy (non-hydrogen) atoms. The highest BCUT2D eigenvalue weighted by atomic mass is 16.3. The van der Waals surface area contributed by atoms with Crippen LogP contribution in [0.25, 0.3) is 66.6 Å². The van der Waals surface area contributed by atoms with Gasteiger partial charge in [0.05, 0.1) is 5.69 Å². The molecular weight excluding hydrogens is 430 g/mol. The fraction of sp³-hybridized carbons (Fsp3) is 0. The number of aromatic nitrogens is 3. The van der Waals surface area contributed by atoms with Gasteiger partial charge in [0.25, 0.3) is 0 Å². The van der Waals surface area contributed by atoms with E-state index < -0.39 is 0 Å². The SMILES string of the molecule is c1ccc2c(-c3cc(-c4nc5ccccc5o4)nc(-c4cncc5ccccc45)c3)cccc2c1. The molecule has 0 aliphatic carbocycles. The fourth-order valence-corrected chi connectivity index (χ4v) is 4.71. The van der Waals surface area contributed by atoms with Crippen molar-refractivity contribution in [3.8, 4) is 34.0 Å². The number of fused-ring (bicyclic) bond motifs is 3. The predicted molar refractivity (Wildman–Crippen MR) is 141 cm³/mol. The summed E-state index contributed by atoms with van der Waals surface area (Å²) in [6.45, 7) is 0. The topological polar surface area (TPSA) is 51.8 Å². The molecule has 0 unspecified atom stereocenters. The van der Waals surface area contributed by atoms with Gasteiger partial charge in [0.2, 0.25) is 5.89 Å². The van der Waals surface area contributed by atoms with Crippen LogP contribution in [0.1, 0.15) is 0 Å². The summed E-state index contributed by atoms with van der Waals surface area (Å²) < 4.78 is 6.12. The van der Waals surface area contributed by atoms with Crippen LogP contribution < -0.4 is 0 Å². The van der Waals surface area contributed by atoms with Crippen molar-refractivity contribution in [2.24, 2.45) is 0 Å². The summed E-state index contributed by atoms with van der Waals surface area (Å²) in [6.07, 6.45) is 3.77. The molecule has 0 atom stereocenters. The zero-order chi connectivity index (χ0) is 23.2. The van der Waals surface area contributed by atoms with Crippen LogP contribution >= 0.6 is 0 Å². The molecule has 0 amide bonds. The molecule has 4 aromatic carbocycles. The number of nitrogens with zero attached hydrogens (tertiary/aromatic N) is 3. The third kappa shape index (κ3) is 3.35. The molecule has 0 N–H and O–H groups in total. The maximum absolute atomic E-state index is 6.12. The lowest BCUT2D eigenvalue weighted by Gasteiger charge is -2.12. The van der Waals surface area contributed by atoms with Gasteiger partial charge in [-0.2, -0.15) is 0 Å². The first-order valence-corrected chi connectivity index (χ1v) is 11.5. The molecule has 3 heterocycles. The number of para-hydroxylation sites is 2. The Hall–Kier alpha value is -4.83. The summed E-state index contributed by atoms with van der Waals surface area (Å²) in [4.78, 5) is 14.3. The van der Waals surface area contributed by atoms with E-state index in [2.05, 4.69) is 71.7 Å². The van der Waals surface area contributed by atoms with Gasteiger partial charge in [0, 0.05) is 23.3 Å². The molecule has 7 rings (SSSR count). The van der Waals surface area contributed by atoms with Crippen molar-refractivity contribution in [3.63, 3.8) is 0 Å². The second-order valence-corrected chi connectivity index (χ2v) is 8.55. The number of benzene rings is 4. The summed E-state index contributed by atoms with van der Waals surface area (Å²) in [5, 5.41) is 4.56. The molecule has 0 spiro atoms. The highest BCUT2D eigenvalue weighted by Gasteiger charge is 2.16. The quantitative estimate of drug-likeness (QED) is 0.275. The first-order valence-electron chi connectivity index (χ1n) is 11.5. The van der Waals surface area contributed by atoms with Crippen LogP contribution in [-0.2, 0) is 0 Å². The molecule has 3 aromatic heterocycles. The van der Waals surface area contributed by atoms with Crippen molar-refractivity contribution in [1.29, 1.82) is 0 Å². The lowest BCUT2D eigenvalue weighted by Crippen LogP contribution is -1.93. The number of oxazole rings is 1. The molecule has 7 aromatic rings. The van der Waals surface area contributed by atoms with Crippen LogP contribution in [0, 0.1) is 0 Å².